The van der Waals surface area contributed by atoms with Gasteiger partial charge in [0.2, 0.25) is 11.8 Å². The van der Waals surface area contributed by atoms with Crippen molar-refractivity contribution >= 4 is 29.3 Å². The summed E-state index contributed by atoms with van der Waals surface area (Å²) in [6.45, 7) is 0. The number of rotatable bonds is 9. The molecule has 6 N–H and O–H groups in total. The first kappa shape index (κ1) is 20.6. The molecule has 1 heterocycles. The van der Waals surface area contributed by atoms with Gasteiger partial charge in [0.1, 0.15) is 5.84 Å². The molecule has 0 bridgehead atoms. The van der Waals surface area contributed by atoms with E-state index in [0.717, 1.165) is 0 Å². The van der Waals surface area contributed by atoms with Gasteiger partial charge in [-0.05, 0) is 35.9 Å². The molecule has 2 amide bonds. The van der Waals surface area contributed by atoms with Crippen molar-refractivity contribution in [1.82, 2.24) is 10.3 Å². The molecule has 0 aliphatic carbocycles. The second-order valence-corrected chi connectivity index (χ2v) is 6.04. The largest absolute Gasteiger partial charge is 0.481 e. The lowest BCUT2D eigenvalue weighted by molar-refractivity contribution is -0.138. The van der Waals surface area contributed by atoms with E-state index in [1.807, 2.05) is 0 Å². The van der Waals surface area contributed by atoms with E-state index in [1.54, 1.807) is 42.6 Å². The number of aromatic nitrogens is 1. The lowest BCUT2D eigenvalue weighted by Crippen LogP contribution is -2.30. The van der Waals surface area contributed by atoms with Crippen molar-refractivity contribution in [2.75, 3.05) is 5.32 Å². The summed E-state index contributed by atoms with van der Waals surface area (Å²) in [5.74, 6) is -1.92. The molecule has 0 saturated heterocycles. The minimum atomic E-state index is -1.05. The van der Waals surface area contributed by atoms with Crippen LogP contribution >= 0.6 is 0 Å². The van der Waals surface area contributed by atoms with Crippen LogP contribution < -0.4 is 16.4 Å². The number of hydrogen-bond donors (Lipinski definition) is 5. The van der Waals surface area contributed by atoms with Crippen molar-refractivity contribution < 1.29 is 19.5 Å². The van der Waals surface area contributed by atoms with E-state index in [0.29, 0.717) is 16.8 Å². The van der Waals surface area contributed by atoms with E-state index >= 15 is 0 Å². The zero-order chi connectivity index (χ0) is 20.5. The second-order valence-electron chi connectivity index (χ2n) is 6.04. The Bertz CT molecular complexity index is 852. The second kappa shape index (κ2) is 9.81. The minimum Gasteiger partial charge on any atom is -0.481 e. The van der Waals surface area contributed by atoms with Crippen molar-refractivity contribution in [2.24, 2.45) is 5.73 Å². The molecular formula is C19H21N5O4. The van der Waals surface area contributed by atoms with E-state index in [9.17, 15) is 14.4 Å². The van der Waals surface area contributed by atoms with Crippen LogP contribution in [0.15, 0.2) is 48.8 Å². The highest BCUT2D eigenvalue weighted by molar-refractivity contribution is 5.96. The van der Waals surface area contributed by atoms with Gasteiger partial charge in [-0.2, -0.15) is 0 Å². The number of carboxylic acid groups (broad SMARTS) is 1. The van der Waals surface area contributed by atoms with Crippen LogP contribution in [0.4, 0.5) is 5.69 Å². The minimum absolute atomic E-state index is 0.0624. The first-order chi connectivity index (χ1) is 13.3. The van der Waals surface area contributed by atoms with Gasteiger partial charge in [0, 0.05) is 36.5 Å². The summed E-state index contributed by atoms with van der Waals surface area (Å²) < 4.78 is 0. The van der Waals surface area contributed by atoms with Crippen molar-refractivity contribution in [2.45, 2.75) is 25.3 Å². The van der Waals surface area contributed by atoms with E-state index in [4.69, 9.17) is 16.2 Å². The molecule has 2 rings (SSSR count). The molecule has 1 atom stereocenters. The standard InChI is InChI=1S/C19H21N5O4/c20-19(21)12-3-5-14(6-4-12)23-16(25)7-8-17(26)24-15(10-18(27)28)13-2-1-9-22-11-13/h1-6,9,11,15H,7-8,10H2,(H3,20,21)(H,23,25)(H,24,26)(H,27,28)/t15-/m0/s1. The summed E-state index contributed by atoms with van der Waals surface area (Å²) in [4.78, 5) is 39.1. The number of aliphatic carboxylic acids is 1. The van der Waals surface area contributed by atoms with Gasteiger partial charge in [-0.15, -0.1) is 0 Å². The van der Waals surface area contributed by atoms with Crippen LogP contribution in [0.25, 0.3) is 0 Å². The third-order valence-corrected chi connectivity index (χ3v) is 3.86. The number of carboxylic acids is 1. The Morgan fingerprint density at radius 2 is 1.79 bits per heavy atom. The van der Waals surface area contributed by atoms with Gasteiger partial charge in [0.25, 0.3) is 0 Å². The third-order valence-electron chi connectivity index (χ3n) is 3.86. The summed E-state index contributed by atoms with van der Waals surface area (Å²) >= 11 is 0. The molecule has 146 valence electrons. The molecule has 0 radical (unpaired) electrons. The number of carbonyl (C=O) groups is 3. The average Bonchev–Trinajstić information content (AvgIpc) is 2.66. The van der Waals surface area contributed by atoms with Crippen LogP contribution in [0.5, 0.6) is 0 Å². The summed E-state index contributed by atoms with van der Waals surface area (Å²) in [6, 6.07) is 9.05. The number of benzene rings is 1. The number of amides is 2. The number of carbonyl (C=O) groups excluding carboxylic acids is 2. The van der Waals surface area contributed by atoms with Gasteiger partial charge in [0.05, 0.1) is 12.5 Å². The summed E-state index contributed by atoms with van der Waals surface area (Å²) in [5.41, 5.74) is 7.01. The van der Waals surface area contributed by atoms with Crippen molar-refractivity contribution in [3.63, 3.8) is 0 Å². The predicted octanol–water partition coefficient (Wildman–Crippen LogP) is 1.42. The van der Waals surface area contributed by atoms with Crippen LogP contribution in [0, 0.1) is 5.41 Å². The fourth-order valence-corrected chi connectivity index (χ4v) is 2.46. The van der Waals surface area contributed by atoms with Crippen LogP contribution in [0.1, 0.15) is 36.4 Å². The Morgan fingerprint density at radius 1 is 1.11 bits per heavy atom. The molecule has 2 aromatic rings. The van der Waals surface area contributed by atoms with Gasteiger partial charge in [-0.1, -0.05) is 6.07 Å². The molecular weight excluding hydrogens is 362 g/mol. The monoisotopic (exact) mass is 383 g/mol. The molecule has 1 aromatic carbocycles. The Labute approximate surface area is 161 Å². The molecule has 0 aliphatic heterocycles. The van der Waals surface area contributed by atoms with Gasteiger partial charge in [-0.25, -0.2) is 0 Å². The number of pyridine rings is 1. The molecule has 28 heavy (non-hydrogen) atoms. The first-order valence-corrected chi connectivity index (χ1v) is 8.50. The number of nitrogens with one attached hydrogen (secondary N) is 3. The van der Waals surface area contributed by atoms with E-state index in [2.05, 4.69) is 15.6 Å². The smallest absolute Gasteiger partial charge is 0.305 e. The number of amidine groups is 1. The maximum Gasteiger partial charge on any atom is 0.305 e. The van der Waals surface area contributed by atoms with Crippen LogP contribution in [-0.2, 0) is 14.4 Å². The normalized spacial score (nSPS) is 11.3. The fraction of sp³-hybridized carbons (Fsp3) is 0.211. The van der Waals surface area contributed by atoms with Gasteiger partial charge >= 0.3 is 5.97 Å². The molecule has 0 aliphatic rings. The van der Waals surface area contributed by atoms with E-state index < -0.39 is 17.9 Å². The van der Waals surface area contributed by atoms with Gasteiger partial charge in [-0.3, -0.25) is 24.8 Å². The lowest BCUT2D eigenvalue weighted by atomic mass is 10.1. The van der Waals surface area contributed by atoms with Gasteiger partial charge < -0.3 is 21.5 Å². The first-order valence-electron chi connectivity index (χ1n) is 8.50. The maximum atomic E-state index is 12.1. The Kier molecular flexibility index (Phi) is 7.21. The zero-order valence-electron chi connectivity index (χ0n) is 15.0. The quantitative estimate of drug-likeness (QED) is 0.325. The highest BCUT2D eigenvalue weighted by Crippen LogP contribution is 2.16. The average molecular weight is 383 g/mol. The van der Waals surface area contributed by atoms with Crippen LogP contribution in [0.3, 0.4) is 0 Å². The highest BCUT2D eigenvalue weighted by atomic mass is 16.4. The maximum absolute atomic E-state index is 12.1. The molecule has 1 aromatic heterocycles. The molecule has 0 spiro atoms. The zero-order valence-corrected chi connectivity index (χ0v) is 15.0. The van der Waals surface area contributed by atoms with Crippen molar-refractivity contribution in [1.29, 1.82) is 5.41 Å². The number of nitrogens with zero attached hydrogens (tertiary/aromatic N) is 1. The topological polar surface area (TPSA) is 158 Å². The number of nitrogen functional groups attached to an aromatic ring is 1. The summed E-state index contributed by atoms with van der Waals surface area (Å²) in [5, 5.41) is 21.6. The summed E-state index contributed by atoms with van der Waals surface area (Å²) in [6.07, 6.45) is 2.61. The van der Waals surface area contributed by atoms with Crippen LogP contribution in [0.2, 0.25) is 0 Å². The Balaban J connectivity index is 1.86. The molecule has 0 saturated carbocycles. The SMILES string of the molecule is N=C(N)c1ccc(NC(=O)CCC(=O)N[C@@H](CC(=O)O)c2cccnc2)cc1. The van der Waals surface area contributed by atoms with E-state index in [-0.39, 0.29) is 31.0 Å². The van der Waals surface area contributed by atoms with Crippen molar-refractivity contribution in [3.05, 3.63) is 59.9 Å². The molecule has 0 unspecified atom stereocenters. The Morgan fingerprint density at radius 3 is 2.36 bits per heavy atom. The molecule has 9 heteroatoms. The molecule has 9 nitrogen and oxygen atoms in total. The van der Waals surface area contributed by atoms with Gasteiger partial charge in [0.15, 0.2) is 0 Å². The predicted molar refractivity (Wildman–Crippen MR) is 103 cm³/mol. The van der Waals surface area contributed by atoms with E-state index in [1.165, 1.54) is 6.20 Å². The number of hydrogen-bond acceptors (Lipinski definition) is 5. The number of nitrogens with two attached hydrogens (primary N) is 1. The van der Waals surface area contributed by atoms with Crippen molar-refractivity contribution in [3.8, 4) is 0 Å². The lowest BCUT2D eigenvalue weighted by Gasteiger charge is -2.17. The summed E-state index contributed by atoms with van der Waals surface area (Å²) in [7, 11) is 0. The number of anilines is 1. The van der Waals surface area contributed by atoms with Crippen LogP contribution in [-0.4, -0.2) is 33.7 Å². The fourth-order valence-electron chi connectivity index (χ4n) is 2.46. The third kappa shape index (κ3) is 6.52. The Hall–Kier alpha value is -3.75. The molecule has 0 fully saturated rings. The highest BCUT2D eigenvalue weighted by Gasteiger charge is 2.18.